The van der Waals surface area contributed by atoms with Crippen molar-refractivity contribution in [1.82, 2.24) is 19.7 Å². The van der Waals surface area contributed by atoms with Gasteiger partial charge in [-0.15, -0.1) is 10.2 Å². The minimum atomic E-state index is -0.246. The van der Waals surface area contributed by atoms with Gasteiger partial charge in [0.1, 0.15) is 5.82 Å². The maximum absolute atomic E-state index is 13.1. The fourth-order valence-corrected chi connectivity index (χ4v) is 4.76. The highest BCUT2D eigenvalue weighted by Gasteiger charge is 2.48. The molecule has 5 rings (SSSR count). The van der Waals surface area contributed by atoms with Gasteiger partial charge in [-0.25, -0.2) is 0 Å². The van der Waals surface area contributed by atoms with Crippen LogP contribution in [0.15, 0.2) is 65.5 Å². The molecule has 1 atom stereocenters. The van der Waals surface area contributed by atoms with E-state index in [2.05, 4.69) is 22.3 Å². The lowest BCUT2D eigenvalue weighted by atomic mass is 9.85. The molecule has 1 saturated heterocycles. The lowest BCUT2D eigenvalue weighted by molar-refractivity contribution is -0.130. The number of rotatable bonds is 4. The van der Waals surface area contributed by atoms with E-state index in [1.165, 1.54) is 5.56 Å². The molecular formula is C24H24N4O2. The minimum Gasteiger partial charge on any atom is -0.342 e. The monoisotopic (exact) mass is 400 g/mol. The highest BCUT2D eigenvalue weighted by atomic mass is 16.2. The molecule has 6 heteroatoms. The zero-order valence-corrected chi connectivity index (χ0v) is 16.8. The lowest BCUT2D eigenvalue weighted by Crippen LogP contribution is -2.35. The van der Waals surface area contributed by atoms with Crippen molar-refractivity contribution in [2.45, 2.75) is 37.6 Å². The first-order valence-electron chi connectivity index (χ1n) is 10.5. The van der Waals surface area contributed by atoms with Gasteiger partial charge in [0.2, 0.25) is 5.91 Å². The standard InChI is InChI=1S/C24H24N4O2/c29-20(12-11-18-7-3-1-4-8-18)27-15-13-24(17-27)14-16-28-22(30)21(25-26-23(24)28)19-9-5-2-6-10-19/h1-10H,11-17H2/t24-/m0/s1. The van der Waals surface area contributed by atoms with Crippen LogP contribution >= 0.6 is 0 Å². The van der Waals surface area contributed by atoms with Gasteiger partial charge >= 0.3 is 0 Å². The summed E-state index contributed by atoms with van der Waals surface area (Å²) in [7, 11) is 0. The first-order chi connectivity index (χ1) is 14.7. The third kappa shape index (κ3) is 3.22. The summed E-state index contributed by atoms with van der Waals surface area (Å²) in [5.41, 5.74) is 2.03. The Morgan fingerprint density at radius 2 is 1.63 bits per heavy atom. The van der Waals surface area contributed by atoms with Crippen molar-refractivity contribution < 1.29 is 4.79 Å². The second kappa shape index (κ2) is 7.52. The van der Waals surface area contributed by atoms with Gasteiger partial charge in [0.05, 0.1) is 5.41 Å². The van der Waals surface area contributed by atoms with Gasteiger partial charge < -0.3 is 4.90 Å². The van der Waals surface area contributed by atoms with E-state index in [1.807, 2.05) is 53.4 Å². The average molecular weight is 400 g/mol. The molecule has 0 saturated carbocycles. The summed E-state index contributed by atoms with van der Waals surface area (Å²) in [6.07, 6.45) is 2.92. The number of carbonyl (C=O) groups excluding carboxylic acids is 1. The van der Waals surface area contributed by atoms with E-state index < -0.39 is 0 Å². The van der Waals surface area contributed by atoms with Crippen LogP contribution in [-0.4, -0.2) is 38.7 Å². The van der Waals surface area contributed by atoms with Crippen LogP contribution in [-0.2, 0) is 23.2 Å². The van der Waals surface area contributed by atoms with E-state index >= 15 is 0 Å². The zero-order chi connectivity index (χ0) is 20.6. The summed E-state index contributed by atoms with van der Waals surface area (Å²) in [6, 6.07) is 19.6. The van der Waals surface area contributed by atoms with Crippen LogP contribution in [0.3, 0.4) is 0 Å². The number of hydrogen-bond acceptors (Lipinski definition) is 4. The van der Waals surface area contributed by atoms with Crippen molar-refractivity contribution in [1.29, 1.82) is 0 Å². The van der Waals surface area contributed by atoms with Gasteiger partial charge in [-0.2, -0.15) is 0 Å². The van der Waals surface area contributed by atoms with Crippen molar-refractivity contribution in [3.05, 3.63) is 82.4 Å². The van der Waals surface area contributed by atoms with Crippen LogP contribution in [0, 0.1) is 0 Å². The third-order valence-electron chi connectivity index (χ3n) is 6.46. The van der Waals surface area contributed by atoms with E-state index in [0.29, 0.717) is 31.7 Å². The summed E-state index contributed by atoms with van der Waals surface area (Å²) in [5.74, 6) is 0.913. The molecule has 0 bridgehead atoms. The molecule has 0 N–H and O–H groups in total. The number of amides is 1. The van der Waals surface area contributed by atoms with Crippen molar-refractivity contribution in [3.63, 3.8) is 0 Å². The van der Waals surface area contributed by atoms with Crippen molar-refractivity contribution in [2.75, 3.05) is 13.1 Å². The maximum atomic E-state index is 13.1. The first kappa shape index (κ1) is 18.7. The number of aromatic nitrogens is 3. The second-order valence-corrected chi connectivity index (χ2v) is 8.28. The number of aryl methyl sites for hydroxylation is 1. The van der Waals surface area contributed by atoms with Crippen molar-refractivity contribution in [3.8, 4) is 11.3 Å². The Labute approximate surface area is 175 Å². The number of likely N-dealkylation sites (tertiary alicyclic amines) is 1. The maximum Gasteiger partial charge on any atom is 0.280 e. The van der Waals surface area contributed by atoms with E-state index in [-0.39, 0.29) is 16.9 Å². The van der Waals surface area contributed by atoms with Gasteiger partial charge in [-0.3, -0.25) is 14.2 Å². The van der Waals surface area contributed by atoms with Gasteiger partial charge in [-0.1, -0.05) is 60.7 Å². The minimum absolute atomic E-state index is 0.0862. The predicted octanol–water partition coefficient (Wildman–Crippen LogP) is 2.81. The fourth-order valence-electron chi connectivity index (χ4n) is 4.76. The highest BCUT2D eigenvalue weighted by Crippen LogP contribution is 2.40. The molecule has 2 aromatic carbocycles. The quantitative estimate of drug-likeness (QED) is 0.675. The molecular weight excluding hydrogens is 376 g/mol. The third-order valence-corrected chi connectivity index (χ3v) is 6.46. The predicted molar refractivity (Wildman–Crippen MR) is 114 cm³/mol. The normalized spacial score (nSPS) is 19.9. The molecule has 2 aliphatic rings. The lowest BCUT2D eigenvalue weighted by Gasteiger charge is -2.23. The molecule has 3 aromatic rings. The number of nitrogens with zero attached hydrogens (tertiary/aromatic N) is 4. The van der Waals surface area contributed by atoms with Gasteiger partial charge in [-0.05, 0) is 24.8 Å². The molecule has 6 nitrogen and oxygen atoms in total. The summed E-state index contributed by atoms with van der Waals surface area (Å²) in [5, 5.41) is 8.79. The molecule has 152 valence electrons. The summed E-state index contributed by atoms with van der Waals surface area (Å²) >= 11 is 0. The SMILES string of the molecule is O=C(CCc1ccccc1)N1CC[C@]2(CCn3c2nnc(-c2ccccc2)c3=O)C1. The topological polar surface area (TPSA) is 68.1 Å². The smallest absolute Gasteiger partial charge is 0.280 e. The number of benzene rings is 2. The molecule has 1 aromatic heterocycles. The molecule has 1 fully saturated rings. The Morgan fingerprint density at radius 3 is 2.40 bits per heavy atom. The average Bonchev–Trinajstić information content (AvgIpc) is 3.39. The Morgan fingerprint density at radius 1 is 0.933 bits per heavy atom. The molecule has 0 aliphatic carbocycles. The van der Waals surface area contributed by atoms with E-state index in [4.69, 9.17) is 0 Å². The van der Waals surface area contributed by atoms with Crippen LogP contribution in [0.4, 0.5) is 0 Å². The first-order valence-corrected chi connectivity index (χ1v) is 10.5. The Bertz CT molecular complexity index is 1130. The molecule has 0 radical (unpaired) electrons. The van der Waals surface area contributed by atoms with Gasteiger partial charge in [0, 0.05) is 31.6 Å². The summed E-state index contributed by atoms with van der Waals surface area (Å²) in [6.45, 7) is 1.97. The molecule has 0 unspecified atom stereocenters. The largest absolute Gasteiger partial charge is 0.342 e. The highest BCUT2D eigenvalue weighted by molar-refractivity contribution is 5.77. The van der Waals surface area contributed by atoms with Crippen LogP contribution in [0.25, 0.3) is 11.3 Å². The van der Waals surface area contributed by atoms with E-state index in [0.717, 1.165) is 30.7 Å². The summed E-state index contributed by atoms with van der Waals surface area (Å²) in [4.78, 5) is 27.8. The second-order valence-electron chi connectivity index (χ2n) is 8.28. The van der Waals surface area contributed by atoms with Crippen LogP contribution in [0.1, 0.15) is 30.7 Å². The molecule has 2 aliphatic heterocycles. The van der Waals surface area contributed by atoms with E-state index in [1.54, 1.807) is 4.57 Å². The van der Waals surface area contributed by atoms with Crippen LogP contribution in [0.5, 0.6) is 0 Å². The van der Waals surface area contributed by atoms with Crippen molar-refractivity contribution in [2.24, 2.45) is 0 Å². The number of hydrogen-bond donors (Lipinski definition) is 0. The number of carbonyl (C=O) groups is 1. The van der Waals surface area contributed by atoms with Gasteiger partial charge in [0.25, 0.3) is 5.56 Å². The van der Waals surface area contributed by atoms with Crippen LogP contribution < -0.4 is 5.56 Å². The molecule has 3 heterocycles. The van der Waals surface area contributed by atoms with E-state index in [9.17, 15) is 9.59 Å². The zero-order valence-electron chi connectivity index (χ0n) is 16.8. The fraction of sp³-hybridized carbons (Fsp3) is 0.333. The number of fused-ring (bicyclic) bond motifs is 2. The summed E-state index contributed by atoms with van der Waals surface area (Å²) < 4.78 is 1.77. The molecule has 1 amide bonds. The van der Waals surface area contributed by atoms with Gasteiger partial charge in [0.15, 0.2) is 5.69 Å². The molecule has 1 spiro atoms. The Balaban J connectivity index is 1.34. The Kier molecular flexibility index (Phi) is 4.69. The molecule has 30 heavy (non-hydrogen) atoms. The van der Waals surface area contributed by atoms with Crippen LogP contribution in [0.2, 0.25) is 0 Å². The van der Waals surface area contributed by atoms with Crippen molar-refractivity contribution >= 4 is 5.91 Å². The Hall–Kier alpha value is -3.28.